The van der Waals surface area contributed by atoms with Crippen LogP contribution in [-0.2, 0) is 4.79 Å². The molecule has 1 aliphatic carbocycles. The van der Waals surface area contributed by atoms with Crippen LogP contribution in [0.1, 0.15) is 50.1 Å². The molecule has 2 saturated heterocycles. The molecule has 0 radical (unpaired) electrons. The lowest BCUT2D eigenvalue weighted by molar-refractivity contribution is -0.134. The minimum Gasteiger partial charge on any atom is -0.497 e. The standard InChI is InChI=1S/C22H33N3O2.2ClH/c1-27-19-9-7-17(8-10-19)20(25-12-4-5-13-25)15-24-21(26)22-11-3-2-6-18(22)14-23-16-22;;/h7-10,18,20,23H,2-6,11-16H2,1H3,(H,24,26);2*1H/t18-,20?,22+;;/m0../s1. The molecule has 0 bridgehead atoms. The van der Waals surface area contributed by atoms with Gasteiger partial charge in [-0.05, 0) is 68.9 Å². The second-order valence-corrected chi connectivity index (χ2v) is 8.47. The third-order valence-corrected chi connectivity index (χ3v) is 7.03. The number of hydrogen-bond donors (Lipinski definition) is 2. The van der Waals surface area contributed by atoms with Gasteiger partial charge in [-0.2, -0.15) is 0 Å². The van der Waals surface area contributed by atoms with Gasteiger partial charge >= 0.3 is 0 Å². The Morgan fingerprint density at radius 2 is 1.93 bits per heavy atom. The first-order valence-corrected chi connectivity index (χ1v) is 10.6. The summed E-state index contributed by atoms with van der Waals surface area (Å²) in [5.74, 6) is 1.66. The molecule has 1 aromatic rings. The van der Waals surface area contributed by atoms with Crippen molar-refractivity contribution in [2.75, 3.05) is 39.8 Å². The first-order valence-electron chi connectivity index (χ1n) is 10.6. The molecule has 3 atom stereocenters. The highest BCUT2D eigenvalue weighted by atomic mass is 35.5. The van der Waals surface area contributed by atoms with Crippen molar-refractivity contribution in [1.29, 1.82) is 0 Å². The summed E-state index contributed by atoms with van der Waals surface area (Å²) in [6.07, 6.45) is 7.16. The van der Waals surface area contributed by atoms with Crippen molar-refractivity contribution in [1.82, 2.24) is 15.5 Å². The van der Waals surface area contributed by atoms with Crippen molar-refractivity contribution in [2.45, 2.75) is 44.6 Å². The first kappa shape index (κ1) is 24.3. The molecule has 0 spiro atoms. The fourth-order valence-corrected chi connectivity index (χ4v) is 5.39. The third-order valence-electron chi connectivity index (χ3n) is 7.03. The van der Waals surface area contributed by atoms with E-state index in [9.17, 15) is 4.79 Å². The molecule has 2 N–H and O–H groups in total. The molecule has 4 rings (SSSR count). The Labute approximate surface area is 187 Å². The van der Waals surface area contributed by atoms with Gasteiger partial charge in [0, 0.05) is 13.1 Å². The molecule has 3 fully saturated rings. The van der Waals surface area contributed by atoms with Crippen LogP contribution >= 0.6 is 24.8 Å². The van der Waals surface area contributed by atoms with Crippen molar-refractivity contribution in [3.8, 4) is 5.75 Å². The van der Waals surface area contributed by atoms with Gasteiger partial charge in [0.2, 0.25) is 5.91 Å². The highest BCUT2D eigenvalue weighted by molar-refractivity contribution is 5.85. The topological polar surface area (TPSA) is 53.6 Å². The number of benzene rings is 1. The zero-order chi connectivity index (χ0) is 18.7. The van der Waals surface area contributed by atoms with E-state index in [-0.39, 0.29) is 42.2 Å². The van der Waals surface area contributed by atoms with Crippen LogP contribution in [0.25, 0.3) is 0 Å². The van der Waals surface area contributed by atoms with Gasteiger partial charge in [0.05, 0.1) is 18.6 Å². The molecule has 3 aliphatic rings. The number of ether oxygens (including phenoxy) is 1. The van der Waals surface area contributed by atoms with Crippen molar-refractivity contribution in [3.63, 3.8) is 0 Å². The second kappa shape index (κ2) is 10.9. The molecule has 5 nitrogen and oxygen atoms in total. The lowest BCUT2D eigenvalue weighted by Gasteiger charge is -2.38. The van der Waals surface area contributed by atoms with Gasteiger partial charge in [0.25, 0.3) is 0 Å². The third kappa shape index (κ3) is 5.01. The second-order valence-electron chi connectivity index (χ2n) is 8.47. The maximum Gasteiger partial charge on any atom is 0.227 e. The molecule has 164 valence electrons. The summed E-state index contributed by atoms with van der Waals surface area (Å²) in [7, 11) is 1.70. The Kier molecular flexibility index (Phi) is 9.08. The molecule has 1 aromatic carbocycles. The van der Waals surface area contributed by atoms with Crippen LogP contribution in [-0.4, -0.2) is 50.6 Å². The van der Waals surface area contributed by atoms with Crippen molar-refractivity contribution in [2.24, 2.45) is 11.3 Å². The predicted molar refractivity (Wildman–Crippen MR) is 121 cm³/mol. The van der Waals surface area contributed by atoms with E-state index in [2.05, 4.69) is 27.7 Å². The Morgan fingerprint density at radius 3 is 2.62 bits per heavy atom. The number of halogens is 2. The van der Waals surface area contributed by atoms with Crippen molar-refractivity contribution in [3.05, 3.63) is 29.8 Å². The molecule has 2 aliphatic heterocycles. The van der Waals surface area contributed by atoms with Crippen LogP contribution in [0.15, 0.2) is 24.3 Å². The molecule has 29 heavy (non-hydrogen) atoms. The summed E-state index contributed by atoms with van der Waals surface area (Å²) in [6, 6.07) is 8.59. The number of nitrogens with one attached hydrogen (secondary N) is 2. The van der Waals surface area contributed by atoms with Gasteiger partial charge < -0.3 is 15.4 Å². The summed E-state index contributed by atoms with van der Waals surface area (Å²) < 4.78 is 5.31. The van der Waals surface area contributed by atoms with E-state index in [1.807, 2.05) is 12.1 Å². The number of nitrogens with zero attached hydrogens (tertiary/aromatic N) is 1. The minimum absolute atomic E-state index is 0. The number of rotatable bonds is 6. The molecule has 1 saturated carbocycles. The van der Waals surface area contributed by atoms with Crippen LogP contribution in [0.5, 0.6) is 5.75 Å². The zero-order valence-corrected chi connectivity index (χ0v) is 19.0. The molecular formula is C22H35Cl2N3O2. The van der Waals surface area contributed by atoms with Crippen LogP contribution in [0, 0.1) is 11.3 Å². The van der Waals surface area contributed by atoms with E-state index in [1.165, 1.54) is 37.7 Å². The largest absolute Gasteiger partial charge is 0.497 e. The lowest BCUT2D eigenvalue weighted by Crippen LogP contribution is -2.49. The molecular weight excluding hydrogens is 409 g/mol. The number of likely N-dealkylation sites (tertiary alicyclic amines) is 1. The normalized spacial score (nSPS) is 27.3. The fourth-order valence-electron chi connectivity index (χ4n) is 5.39. The maximum atomic E-state index is 13.3. The quantitative estimate of drug-likeness (QED) is 0.705. The zero-order valence-electron chi connectivity index (χ0n) is 17.3. The Balaban J connectivity index is 0.00000150. The highest BCUT2D eigenvalue weighted by Gasteiger charge is 2.49. The number of fused-ring (bicyclic) bond motifs is 1. The van der Waals surface area contributed by atoms with Gasteiger partial charge in [-0.1, -0.05) is 25.0 Å². The van der Waals surface area contributed by atoms with E-state index in [1.54, 1.807) is 7.11 Å². The van der Waals surface area contributed by atoms with E-state index in [0.29, 0.717) is 12.5 Å². The van der Waals surface area contributed by atoms with Crippen LogP contribution < -0.4 is 15.4 Å². The molecule has 2 heterocycles. The van der Waals surface area contributed by atoms with Crippen LogP contribution in [0.2, 0.25) is 0 Å². The summed E-state index contributed by atoms with van der Waals surface area (Å²) in [5, 5.41) is 6.85. The number of carbonyl (C=O) groups excluding carboxylic acids is 1. The predicted octanol–water partition coefficient (Wildman–Crippen LogP) is 3.57. The van der Waals surface area contributed by atoms with Gasteiger partial charge in [-0.25, -0.2) is 0 Å². The van der Waals surface area contributed by atoms with E-state index >= 15 is 0 Å². The summed E-state index contributed by atoms with van der Waals surface area (Å²) in [4.78, 5) is 15.8. The Morgan fingerprint density at radius 1 is 1.21 bits per heavy atom. The smallest absolute Gasteiger partial charge is 0.227 e. The van der Waals surface area contributed by atoms with E-state index in [4.69, 9.17) is 4.74 Å². The number of amides is 1. The van der Waals surface area contributed by atoms with Crippen LogP contribution in [0.3, 0.4) is 0 Å². The molecule has 1 unspecified atom stereocenters. The number of hydrogen-bond acceptors (Lipinski definition) is 4. The van der Waals surface area contributed by atoms with E-state index in [0.717, 1.165) is 38.3 Å². The Hall–Kier alpha value is -1.01. The van der Waals surface area contributed by atoms with Crippen molar-refractivity contribution < 1.29 is 9.53 Å². The van der Waals surface area contributed by atoms with Gasteiger partial charge in [-0.3, -0.25) is 9.69 Å². The highest BCUT2D eigenvalue weighted by Crippen LogP contribution is 2.44. The van der Waals surface area contributed by atoms with Gasteiger partial charge in [0.1, 0.15) is 5.75 Å². The van der Waals surface area contributed by atoms with E-state index < -0.39 is 0 Å². The minimum atomic E-state index is -0.173. The maximum absolute atomic E-state index is 13.3. The summed E-state index contributed by atoms with van der Waals surface area (Å²) >= 11 is 0. The molecule has 0 aromatic heterocycles. The van der Waals surface area contributed by atoms with Crippen molar-refractivity contribution >= 4 is 30.7 Å². The first-order chi connectivity index (χ1) is 13.2. The number of methoxy groups -OCH3 is 1. The molecule has 1 amide bonds. The fraction of sp³-hybridized carbons (Fsp3) is 0.682. The SMILES string of the molecule is COc1ccc(C(CNC(=O)[C@@]23CCCC[C@H]2CNC3)N2CCCC2)cc1.Cl.Cl. The monoisotopic (exact) mass is 443 g/mol. The summed E-state index contributed by atoms with van der Waals surface area (Å²) in [6.45, 7) is 4.77. The van der Waals surface area contributed by atoms with Gasteiger partial charge in [0.15, 0.2) is 0 Å². The average Bonchev–Trinajstić information content (AvgIpc) is 3.39. The lowest BCUT2D eigenvalue weighted by atomic mass is 9.67. The summed E-state index contributed by atoms with van der Waals surface area (Å²) in [5.41, 5.74) is 1.09. The Bertz CT molecular complexity index is 652. The number of carbonyl (C=O) groups is 1. The van der Waals surface area contributed by atoms with Gasteiger partial charge in [-0.15, -0.1) is 24.8 Å². The average molecular weight is 444 g/mol. The van der Waals surface area contributed by atoms with Crippen LogP contribution in [0.4, 0.5) is 0 Å². The molecule has 7 heteroatoms.